The van der Waals surface area contributed by atoms with Gasteiger partial charge in [0.25, 0.3) is 5.91 Å². The summed E-state index contributed by atoms with van der Waals surface area (Å²) >= 11 is 0. The molecule has 0 bridgehead atoms. The van der Waals surface area contributed by atoms with Gasteiger partial charge in [-0.05, 0) is 37.8 Å². The predicted molar refractivity (Wildman–Crippen MR) is 110 cm³/mol. The highest BCUT2D eigenvalue weighted by Crippen LogP contribution is 2.26. The molecule has 7 nitrogen and oxygen atoms in total. The predicted octanol–water partition coefficient (Wildman–Crippen LogP) is 2.43. The lowest BCUT2D eigenvalue weighted by Crippen LogP contribution is -2.49. The number of nitrogens with one attached hydrogen (secondary N) is 2. The smallest absolute Gasteiger partial charge is 0.256 e. The lowest BCUT2D eigenvalue weighted by atomic mass is 9.92. The van der Waals surface area contributed by atoms with Crippen LogP contribution in [0.1, 0.15) is 61.7 Å². The fourth-order valence-electron chi connectivity index (χ4n) is 4.22. The standard InChI is InChI=1S/C22H30N4O3/c23-16-22(11-5-1-2-6-12-22)25-20(28)14-24-19-10-4-3-9-18(19)21(29)26-13-7-8-17(27)15-26/h3-4,9-10,17,24,27H,1-2,5-8,11-15H2,(H,25,28)/t17-/m0/s1. The summed E-state index contributed by atoms with van der Waals surface area (Å²) in [7, 11) is 0. The van der Waals surface area contributed by atoms with Crippen molar-refractivity contribution in [2.45, 2.75) is 63.0 Å². The molecule has 0 unspecified atom stereocenters. The first-order valence-corrected chi connectivity index (χ1v) is 10.6. The van der Waals surface area contributed by atoms with Crippen molar-refractivity contribution in [2.75, 3.05) is 25.0 Å². The Hall–Kier alpha value is -2.59. The van der Waals surface area contributed by atoms with E-state index in [-0.39, 0.29) is 18.4 Å². The Labute approximate surface area is 172 Å². The van der Waals surface area contributed by atoms with Gasteiger partial charge in [0.1, 0.15) is 5.54 Å². The maximum absolute atomic E-state index is 12.9. The Kier molecular flexibility index (Phi) is 7.10. The highest BCUT2D eigenvalue weighted by Gasteiger charge is 2.32. The number of rotatable bonds is 5. The van der Waals surface area contributed by atoms with E-state index in [4.69, 9.17) is 0 Å². The van der Waals surface area contributed by atoms with Crippen LogP contribution in [0.2, 0.25) is 0 Å². The molecule has 2 aliphatic rings. The van der Waals surface area contributed by atoms with Gasteiger partial charge in [0, 0.05) is 18.8 Å². The molecule has 1 aromatic carbocycles. The van der Waals surface area contributed by atoms with Gasteiger partial charge in [0.15, 0.2) is 0 Å². The number of likely N-dealkylation sites (tertiary alicyclic amines) is 1. The second-order valence-electron chi connectivity index (χ2n) is 8.10. The number of aliphatic hydroxyl groups is 1. The number of carbonyl (C=O) groups is 2. The zero-order valence-corrected chi connectivity index (χ0v) is 16.8. The number of β-amino-alcohol motifs (C(OH)–C–C–N with tert-alkyl or cyclic N) is 1. The van der Waals surface area contributed by atoms with Gasteiger partial charge in [0.05, 0.1) is 24.3 Å². The second kappa shape index (κ2) is 9.75. The van der Waals surface area contributed by atoms with Crippen LogP contribution in [-0.2, 0) is 4.79 Å². The van der Waals surface area contributed by atoms with Gasteiger partial charge >= 0.3 is 0 Å². The lowest BCUT2D eigenvalue weighted by Gasteiger charge is -2.30. The second-order valence-corrected chi connectivity index (χ2v) is 8.10. The Morgan fingerprint density at radius 2 is 1.90 bits per heavy atom. The van der Waals surface area contributed by atoms with Crippen LogP contribution in [0.4, 0.5) is 5.69 Å². The molecule has 2 fully saturated rings. The van der Waals surface area contributed by atoms with Crippen LogP contribution in [0.25, 0.3) is 0 Å². The molecule has 1 aliphatic heterocycles. The van der Waals surface area contributed by atoms with E-state index in [1.54, 1.807) is 23.1 Å². The number of nitrogens with zero attached hydrogens (tertiary/aromatic N) is 2. The first-order chi connectivity index (χ1) is 14.0. The van der Waals surface area contributed by atoms with Crippen LogP contribution in [0.5, 0.6) is 0 Å². The summed E-state index contributed by atoms with van der Waals surface area (Å²) in [6.07, 6.45) is 6.45. The first-order valence-electron chi connectivity index (χ1n) is 10.6. The molecule has 3 rings (SSSR count). The Bertz CT molecular complexity index is 766. The van der Waals surface area contributed by atoms with Crippen LogP contribution < -0.4 is 10.6 Å². The van der Waals surface area contributed by atoms with E-state index in [2.05, 4.69) is 16.7 Å². The fraction of sp³-hybridized carbons (Fsp3) is 0.591. The Balaban J connectivity index is 1.63. The van der Waals surface area contributed by atoms with Crippen molar-refractivity contribution in [3.8, 4) is 6.07 Å². The van der Waals surface area contributed by atoms with Gasteiger partial charge in [-0.2, -0.15) is 5.26 Å². The van der Waals surface area contributed by atoms with Crippen molar-refractivity contribution in [3.05, 3.63) is 29.8 Å². The van der Waals surface area contributed by atoms with Crippen molar-refractivity contribution in [3.63, 3.8) is 0 Å². The third-order valence-corrected chi connectivity index (χ3v) is 5.83. The molecule has 0 radical (unpaired) electrons. The molecular formula is C22H30N4O3. The minimum absolute atomic E-state index is 0.00362. The molecule has 7 heteroatoms. The summed E-state index contributed by atoms with van der Waals surface area (Å²) in [5, 5.41) is 25.5. The van der Waals surface area contributed by atoms with Gasteiger partial charge in [-0.25, -0.2) is 0 Å². The molecule has 1 aliphatic carbocycles. The topological polar surface area (TPSA) is 105 Å². The summed E-state index contributed by atoms with van der Waals surface area (Å²) in [5.41, 5.74) is 0.285. The van der Waals surface area contributed by atoms with Gasteiger partial charge < -0.3 is 20.6 Å². The van der Waals surface area contributed by atoms with Crippen LogP contribution in [0.3, 0.4) is 0 Å². The molecule has 29 heavy (non-hydrogen) atoms. The number of aliphatic hydroxyl groups excluding tert-OH is 1. The van der Waals surface area contributed by atoms with Crippen molar-refractivity contribution in [1.29, 1.82) is 5.26 Å². The number of carbonyl (C=O) groups excluding carboxylic acids is 2. The van der Waals surface area contributed by atoms with E-state index >= 15 is 0 Å². The number of para-hydroxylation sites is 1. The van der Waals surface area contributed by atoms with E-state index in [0.717, 1.165) is 32.1 Å². The maximum Gasteiger partial charge on any atom is 0.256 e. The van der Waals surface area contributed by atoms with Crippen molar-refractivity contribution >= 4 is 17.5 Å². The summed E-state index contributed by atoms with van der Waals surface area (Å²) in [6.45, 7) is 0.949. The van der Waals surface area contributed by atoms with E-state index < -0.39 is 11.6 Å². The lowest BCUT2D eigenvalue weighted by molar-refractivity contribution is -0.120. The number of hydrogen-bond donors (Lipinski definition) is 3. The van der Waals surface area contributed by atoms with E-state index in [0.29, 0.717) is 43.6 Å². The van der Waals surface area contributed by atoms with E-state index in [9.17, 15) is 20.0 Å². The number of amides is 2. The van der Waals surface area contributed by atoms with Gasteiger partial charge in [0.2, 0.25) is 5.91 Å². The normalized spacial score (nSPS) is 21.5. The first kappa shape index (κ1) is 21.1. The molecule has 1 aromatic rings. The van der Waals surface area contributed by atoms with Gasteiger partial charge in [-0.1, -0.05) is 37.8 Å². The van der Waals surface area contributed by atoms with Gasteiger partial charge in [-0.3, -0.25) is 9.59 Å². The number of nitriles is 1. The molecule has 0 aromatic heterocycles. The highest BCUT2D eigenvalue weighted by atomic mass is 16.3. The van der Waals surface area contributed by atoms with Crippen molar-refractivity contribution < 1.29 is 14.7 Å². The average molecular weight is 399 g/mol. The van der Waals surface area contributed by atoms with Crippen LogP contribution in [0, 0.1) is 11.3 Å². The summed E-state index contributed by atoms with van der Waals surface area (Å²) in [5.74, 6) is -0.395. The Morgan fingerprint density at radius 1 is 1.17 bits per heavy atom. The zero-order chi connectivity index (χ0) is 20.7. The number of benzene rings is 1. The van der Waals surface area contributed by atoms with Crippen molar-refractivity contribution in [1.82, 2.24) is 10.2 Å². The van der Waals surface area contributed by atoms with E-state index in [1.807, 2.05) is 6.07 Å². The zero-order valence-electron chi connectivity index (χ0n) is 16.8. The summed E-state index contributed by atoms with van der Waals surface area (Å²) < 4.78 is 0. The third-order valence-electron chi connectivity index (χ3n) is 5.83. The molecule has 3 N–H and O–H groups in total. The molecule has 1 saturated heterocycles. The molecule has 2 amide bonds. The molecule has 156 valence electrons. The average Bonchev–Trinajstić information content (AvgIpc) is 2.98. The number of hydrogen-bond acceptors (Lipinski definition) is 5. The van der Waals surface area contributed by atoms with E-state index in [1.165, 1.54) is 0 Å². The summed E-state index contributed by atoms with van der Waals surface area (Å²) in [4.78, 5) is 27.1. The SMILES string of the molecule is N#CC1(NC(=O)CNc2ccccc2C(=O)N2CCC[C@H](O)C2)CCCCCC1. The maximum atomic E-state index is 12.9. The van der Waals surface area contributed by atoms with Gasteiger partial charge in [-0.15, -0.1) is 0 Å². The third kappa shape index (κ3) is 5.48. The molecule has 1 heterocycles. The molecule has 1 atom stereocenters. The summed E-state index contributed by atoms with van der Waals surface area (Å²) in [6, 6.07) is 9.41. The van der Waals surface area contributed by atoms with Crippen LogP contribution in [0.15, 0.2) is 24.3 Å². The largest absolute Gasteiger partial charge is 0.391 e. The molecule has 1 saturated carbocycles. The molecule has 0 spiro atoms. The van der Waals surface area contributed by atoms with Crippen molar-refractivity contribution in [2.24, 2.45) is 0 Å². The minimum Gasteiger partial charge on any atom is -0.391 e. The number of piperidine rings is 1. The number of anilines is 1. The fourth-order valence-corrected chi connectivity index (χ4v) is 4.22. The quantitative estimate of drug-likeness (QED) is 0.661. The van der Waals surface area contributed by atoms with Crippen LogP contribution >= 0.6 is 0 Å². The Morgan fingerprint density at radius 3 is 2.59 bits per heavy atom. The minimum atomic E-state index is -0.783. The molecular weight excluding hydrogens is 368 g/mol. The monoisotopic (exact) mass is 398 g/mol. The highest BCUT2D eigenvalue weighted by molar-refractivity contribution is 6.00. The van der Waals surface area contributed by atoms with Crippen LogP contribution in [-0.4, -0.2) is 53.1 Å².